The third-order valence-corrected chi connectivity index (χ3v) is 20.1. The Balaban J connectivity index is 0.912. The molecule has 4 amide bonds. The molecular weight excluding hydrogens is 1150 g/mol. The molecule has 1 unspecified atom stereocenters. The molecule has 1 fully saturated rings. The van der Waals surface area contributed by atoms with E-state index in [2.05, 4.69) is 28.4 Å². The topological polar surface area (TPSA) is 229 Å². The van der Waals surface area contributed by atoms with Gasteiger partial charge in [-0.3, -0.25) is 23.7 Å². The Bertz CT molecular complexity index is 3440. The van der Waals surface area contributed by atoms with Crippen molar-refractivity contribution in [2.45, 2.75) is 101 Å². The van der Waals surface area contributed by atoms with Crippen molar-refractivity contribution in [3.05, 3.63) is 136 Å². The number of benzene rings is 5. The average molecular weight is 1220 g/mol. The summed E-state index contributed by atoms with van der Waals surface area (Å²) in [4.78, 5) is 76.8. The predicted molar refractivity (Wildman–Crippen MR) is 325 cm³/mol. The maximum Gasteiger partial charge on any atom is 0.353 e. The van der Waals surface area contributed by atoms with E-state index in [-0.39, 0.29) is 67.2 Å². The Hall–Kier alpha value is -6.86. The fraction of sp³-hybridized carbons (Fsp3) is 0.435. The summed E-state index contributed by atoms with van der Waals surface area (Å²) < 4.78 is 70.6. The van der Waals surface area contributed by atoms with E-state index in [1.165, 1.54) is 27.2 Å². The Morgan fingerprint density at radius 3 is 2.04 bits per heavy atom. The number of carbonyl (C=O) groups excluding carboxylic acids is 5. The van der Waals surface area contributed by atoms with Crippen molar-refractivity contribution in [3.8, 4) is 17.2 Å². The highest BCUT2D eigenvalue weighted by molar-refractivity contribution is 8.77. The van der Waals surface area contributed by atoms with E-state index < -0.39 is 37.9 Å². The Kier molecular flexibility index (Phi) is 19.3. The number of nitrogens with zero attached hydrogens (tertiary/aromatic N) is 4. The second-order valence-electron chi connectivity index (χ2n) is 22.2. The van der Waals surface area contributed by atoms with Crippen molar-refractivity contribution in [2.75, 3.05) is 92.7 Å². The summed E-state index contributed by atoms with van der Waals surface area (Å²) >= 11 is 0. The standard InChI is InChI=1S/C62H71N5O15S3/c1-39-26-48-42(14-15-45-30-43-10-6-8-12-51(43)65(45)59(48)70)32-53(39)80-36-40-27-41(37-81-55-34-50-49(33-54(55)77-5)60(71)66-47(35-63-50)31-44-11-7-9-13-52(44)66)29-46(28-40)64(19-20-78-23-24-79-22-21-76-4)38-62(2,3)84-83-25-18-56(85(73,74)75)61(72)82-67-57(68)16-17-58(67)69/h6-13,26-29,32-34,45,47,56,63H,14-25,30-31,35-38H2,1-5H3,(H,73,74,75)/t45-,47+,56?/m1/s1. The van der Waals surface area contributed by atoms with Gasteiger partial charge in [0.05, 0.1) is 57.4 Å². The molecule has 0 spiro atoms. The van der Waals surface area contributed by atoms with Crippen LogP contribution in [0.3, 0.4) is 0 Å². The fourth-order valence-corrected chi connectivity index (χ4v) is 15.0. The van der Waals surface area contributed by atoms with Crippen LogP contribution >= 0.6 is 21.6 Å². The number of carbonyl (C=O) groups is 5. The summed E-state index contributed by atoms with van der Waals surface area (Å²) in [6, 6.07) is 29.7. The number of nitrogens with one attached hydrogen (secondary N) is 1. The molecule has 20 nitrogen and oxygen atoms in total. The number of para-hydroxylation sites is 2. The number of rotatable bonds is 27. The van der Waals surface area contributed by atoms with Gasteiger partial charge in [-0.25, -0.2) is 4.79 Å². The molecule has 0 radical (unpaired) electrons. The largest absolute Gasteiger partial charge is 0.493 e. The maximum atomic E-state index is 14.3. The number of imide groups is 1. The zero-order valence-electron chi connectivity index (χ0n) is 48.3. The number of ether oxygens (including phenoxy) is 6. The van der Waals surface area contributed by atoms with Gasteiger partial charge in [0, 0.05) is 84.8 Å². The highest BCUT2D eigenvalue weighted by Gasteiger charge is 2.41. The molecule has 3 atom stereocenters. The Morgan fingerprint density at radius 1 is 0.741 bits per heavy atom. The van der Waals surface area contributed by atoms with E-state index in [0.29, 0.717) is 93.2 Å². The van der Waals surface area contributed by atoms with Gasteiger partial charge < -0.3 is 53.3 Å². The van der Waals surface area contributed by atoms with Gasteiger partial charge in [0.25, 0.3) is 33.7 Å². The molecule has 1 saturated heterocycles. The quantitative estimate of drug-likeness (QED) is 0.0217. The number of hydroxylamine groups is 2. The zero-order valence-corrected chi connectivity index (χ0v) is 50.7. The van der Waals surface area contributed by atoms with Gasteiger partial charge in [-0.1, -0.05) is 58.0 Å². The summed E-state index contributed by atoms with van der Waals surface area (Å²) in [5, 5.41) is 1.75. The molecule has 0 aliphatic carbocycles. The molecule has 23 heteroatoms. The first-order chi connectivity index (χ1) is 40.9. The van der Waals surface area contributed by atoms with Gasteiger partial charge >= 0.3 is 5.97 Å². The van der Waals surface area contributed by atoms with Crippen LogP contribution in [-0.4, -0.2) is 142 Å². The van der Waals surface area contributed by atoms with Crippen molar-refractivity contribution in [3.63, 3.8) is 0 Å². The highest BCUT2D eigenvalue weighted by atomic mass is 33.1. The first kappa shape index (κ1) is 61.2. The summed E-state index contributed by atoms with van der Waals surface area (Å²) in [5.41, 5.74) is 10.1. The van der Waals surface area contributed by atoms with Crippen LogP contribution in [0.1, 0.15) is 93.6 Å². The minimum absolute atomic E-state index is 0.00591. The van der Waals surface area contributed by atoms with Crippen molar-refractivity contribution >= 4 is 84.1 Å². The normalized spacial score (nSPS) is 17.5. The second kappa shape index (κ2) is 26.8. The fourth-order valence-electron chi connectivity index (χ4n) is 11.5. The minimum Gasteiger partial charge on any atom is -0.493 e. The third-order valence-electron chi connectivity index (χ3n) is 15.7. The Labute approximate surface area is 503 Å². The summed E-state index contributed by atoms with van der Waals surface area (Å²) in [7, 11) is 0.909. The minimum atomic E-state index is -4.98. The van der Waals surface area contributed by atoms with Gasteiger partial charge in [-0.2, -0.15) is 8.42 Å². The molecule has 5 aromatic carbocycles. The number of methoxy groups -OCH3 is 2. The monoisotopic (exact) mass is 1220 g/mol. The average Bonchev–Trinajstić information content (AvgIpc) is 1.88. The van der Waals surface area contributed by atoms with Gasteiger partial charge in [0.15, 0.2) is 16.7 Å². The van der Waals surface area contributed by atoms with Crippen LogP contribution in [0.4, 0.5) is 22.7 Å². The summed E-state index contributed by atoms with van der Waals surface area (Å²) in [6.07, 6.45) is 2.36. The van der Waals surface area contributed by atoms with E-state index in [1.807, 2.05) is 97.3 Å². The first-order valence-electron chi connectivity index (χ1n) is 28.4. The molecule has 5 heterocycles. The predicted octanol–water partition coefficient (Wildman–Crippen LogP) is 8.58. The number of amides is 4. The molecule has 452 valence electrons. The van der Waals surface area contributed by atoms with E-state index in [0.717, 1.165) is 64.1 Å². The number of hydrogen-bond donors (Lipinski definition) is 2. The zero-order chi connectivity index (χ0) is 60.0. The molecule has 0 saturated carbocycles. The highest BCUT2D eigenvalue weighted by Crippen LogP contribution is 2.43. The lowest BCUT2D eigenvalue weighted by Crippen LogP contribution is -2.40. The van der Waals surface area contributed by atoms with E-state index >= 15 is 0 Å². The van der Waals surface area contributed by atoms with Crippen LogP contribution < -0.4 is 34.2 Å². The smallest absolute Gasteiger partial charge is 0.353 e. The lowest BCUT2D eigenvalue weighted by atomic mass is 9.98. The van der Waals surface area contributed by atoms with Gasteiger partial charge in [-0.05, 0) is 135 Å². The SMILES string of the molecule is COCCOCCOCCN(CC(C)(C)SSCCC(C(=O)ON1C(=O)CCC1=O)S(=O)(=O)O)c1cc(COc2cc3c(cc2C)C(=O)N2c4ccccc4C[C@H]2CC3)cc(COc2cc3c(cc2OC)C(=O)N2c4ccccc4C[C@H]2CN3)c1. The van der Waals surface area contributed by atoms with Crippen LogP contribution in [0, 0.1) is 6.92 Å². The van der Waals surface area contributed by atoms with E-state index in [1.54, 1.807) is 20.3 Å². The first-order valence-corrected chi connectivity index (χ1v) is 32.3. The Morgan fingerprint density at radius 2 is 1.36 bits per heavy atom. The van der Waals surface area contributed by atoms with Gasteiger partial charge in [0.1, 0.15) is 19.0 Å². The molecule has 5 aliphatic heterocycles. The number of anilines is 4. The van der Waals surface area contributed by atoms with Crippen molar-refractivity contribution in [2.24, 2.45) is 0 Å². The molecule has 85 heavy (non-hydrogen) atoms. The molecule has 10 rings (SSSR count). The number of hydrogen-bond acceptors (Lipinski definition) is 18. The van der Waals surface area contributed by atoms with Crippen LogP contribution in [-0.2, 0) is 76.0 Å². The van der Waals surface area contributed by atoms with Crippen LogP contribution in [0.25, 0.3) is 0 Å². The molecule has 5 aromatic rings. The van der Waals surface area contributed by atoms with Crippen LogP contribution in [0.2, 0.25) is 0 Å². The molecule has 5 aliphatic rings. The molecule has 0 aromatic heterocycles. The summed E-state index contributed by atoms with van der Waals surface area (Å²) in [6.45, 7) is 9.52. The van der Waals surface area contributed by atoms with E-state index in [4.69, 9.17) is 33.3 Å². The van der Waals surface area contributed by atoms with Crippen LogP contribution in [0.5, 0.6) is 17.2 Å². The van der Waals surface area contributed by atoms with Gasteiger partial charge in [0.2, 0.25) is 0 Å². The maximum absolute atomic E-state index is 14.3. The second-order valence-corrected chi connectivity index (χ2v) is 27.0. The van der Waals surface area contributed by atoms with Crippen molar-refractivity contribution < 1.29 is 70.2 Å². The molecular formula is C62H71N5O15S3. The lowest BCUT2D eigenvalue weighted by molar-refractivity contribution is -0.197. The van der Waals surface area contributed by atoms with Gasteiger partial charge in [-0.15, -0.1) is 5.06 Å². The summed E-state index contributed by atoms with van der Waals surface area (Å²) in [5.74, 6) is -1.56. The molecule has 2 N–H and O–H groups in total. The lowest BCUT2D eigenvalue weighted by Gasteiger charge is -2.34. The third kappa shape index (κ3) is 14.2. The van der Waals surface area contributed by atoms with E-state index in [9.17, 15) is 36.9 Å². The molecule has 0 bridgehead atoms. The number of aryl methyl sites for hydroxylation is 2. The number of fused-ring (bicyclic) bond motifs is 8. The van der Waals surface area contributed by atoms with Crippen molar-refractivity contribution in [1.29, 1.82) is 0 Å². The van der Waals surface area contributed by atoms with Crippen LogP contribution in [0.15, 0.2) is 91.0 Å². The van der Waals surface area contributed by atoms with Crippen molar-refractivity contribution in [1.82, 2.24) is 5.06 Å².